The van der Waals surface area contributed by atoms with Crippen molar-refractivity contribution in [3.63, 3.8) is 0 Å². The van der Waals surface area contributed by atoms with Crippen LogP contribution in [-0.2, 0) is 6.54 Å². The van der Waals surface area contributed by atoms with Gasteiger partial charge in [-0.15, -0.1) is 12.4 Å². The molecule has 4 atom stereocenters. The normalized spacial score (nSPS) is 31.3. The minimum Gasteiger partial charge on any atom is -0.336 e. The van der Waals surface area contributed by atoms with Gasteiger partial charge in [0.2, 0.25) is 0 Å². The van der Waals surface area contributed by atoms with E-state index >= 15 is 0 Å². The van der Waals surface area contributed by atoms with Crippen LogP contribution >= 0.6 is 12.4 Å². The van der Waals surface area contributed by atoms with E-state index in [4.69, 9.17) is 5.73 Å². The maximum Gasteiger partial charge on any atom is 0.254 e. The summed E-state index contributed by atoms with van der Waals surface area (Å²) in [5.41, 5.74) is 7.55. The molecule has 0 radical (unpaired) electrons. The van der Waals surface area contributed by atoms with Crippen LogP contribution in [0.25, 0.3) is 0 Å². The number of rotatable bonds is 4. The lowest BCUT2D eigenvalue weighted by atomic mass is 9.83. The third-order valence-electron chi connectivity index (χ3n) is 6.53. The average Bonchev–Trinajstić information content (AvgIpc) is 3.31. The fraction of sp³-hybridized carbons (Fsp3) is 0.650. The van der Waals surface area contributed by atoms with Gasteiger partial charge in [0, 0.05) is 24.7 Å². The SMILES string of the molecule is Cl.NCc1ccc(C(=O)N2CCCC2CC2CC3CCC2C3)cc1. The lowest BCUT2D eigenvalue weighted by Gasteiger charge is -2.30. The summed E-state index contributed by atoms with van der Waals surface area (Å²) in [6.45, 7) is 1.47. The van der Waals surface area contributed by atoms with Crippen LogP contribution < -0.4 is 5.73 Å². The first-order valence-electron chi connectivity index (χ1n) is 9.34. The molecule has 4 rings (SSSR count). The van der Waals surface area contributed by atoms with Crippen molar-refractivity contribution in [3.05, 3.63) is 35.4 Å². The zero-order valence-electron chi connectivity index (χ0n) is 14.3. The van der Waals surface area contributed by atoms with Crippen LogP contribution in [0.3, 0.4) is 0 Å². The van der Waals surface area contributed by atoms with Gasteiger partial charge in [0.25, 0.3) is 5.91 Å². The van der Waals surface area contributed by atoms with Crippen molar-refractivity contribution in [2.45, 2.75) is 57.5 Å². The Labute approximate surface area is 151 Å². The van der Waals surface area contributed by atoms with E-state index in [1.807, 2.05) is 24.3 Å². The summed E-state index contributed by atoms with van der Waals surface area (Å²) in [6.07, 6.45) is 9.39. The Morgan fingerprint density at radius 2 is 1.92 bits per heavy atom. The number of hydrogen-bond acceptors (Lipinski definition) is 2. The van der Waals surface area contributed by atoms with Crippen LogP contribution in [0.1, 0.15) is 60.9 Å². The maximum absolute atomic E-state index is 12.9. The number of fused-ring (bicyclic) bond motifs is 2. The number of carbonyl (C=O) groups excluding carboxylic acids is 1. The molecule has 4 heteroatoms. The first kappa shape index (κ1) is 17.8. The fourth-order valence-corrected chi connectivity index (χ4v) is 5.31. The minimum atomic E-state index is 0. The molecule has 1 aromatic rings. The largest absolute Gasteiger partial charge is 0.336 e. The molecule has 0 spiro atoms. The van der Waals surface area contributed by atoms with Crippen LogP contribution in [0.15, 0.2) is 24.3 Å². The minimum absolute atomic E-state index is 0. The van der Waals surface area contributed by atoms with E-state index in [9.17, 15) is 4.79 Å². The fourth-order valence-electron chi connectivity index (χ4n) is 5.31. The second-order valence-electron chi connectivity index (χ2n) is 7.87. The van der Waals surface area contributed by atoms with Gasteiger partial charge in [0.05, 0.1) is 0 Å². The number of hydrogen-bond donors (Lipinski definition) is 1. The molecule has 2 aliphatic carbocycles. The number of halogens is 1. The van der Waals surface area contributed by atoms with Gasteiger partial charge < -0.3 is 10.6 Å². The average molecular weight is 349 g/mol. The Morgan fingerprint density at radius 3 is 2.54 bits per heavy atom. The molecule has 3 nitrogen and oxygen atoms in total. The highest BCUT2D eigenvalue weighted by Crippen LogP contribution is 2.50. The Kier molecular flexibility index (Phi) is 5.51. The number of likely N-dealkylation sites (tertiary alicyclic amines) is 1. The molecule has 0 aromatic heterocycles. The lowest BCUT2D eigenvalue weighted by molar-refractivity contribution is 0.0707. The topological polar surface area (TPSA) is 46.3 Å². The quantitative estimate of drug-likeness (QED) is 0.893. The predicted molar refractivity (Wildman–Crippen MR) is 99.2 cm³/mol. The van der Waals surface area contributed by atoms with Crippen molar-refractivity contribution >= 4 is 18.3 Å². The second kappa shape index (κ2) is 7.45. The molecule has 1 heterocycles. The summed E-state index contributed by atoms with van der Waals surface area (Å²) in [5.74, 6) is 3.06. The van der Waals surface area contributed by atoms with Gasteiger partial charge in [-0.2, -0.15) is 0 Å². The van der Waals surface area contributed by atoms with Gasteiger partial charge in [-0.05, 0) is 74.0 Å². The van der Waals surface area contributed by atoms with Crippen LogP contribution in [0, 0.1) is 17.8 Å². The van der Waals surface area contributed by atoms with Crippen molar-refractivity contribution < 1.29 is 4.79 Å². The zero-order chi connectivity index (χ0) is 15.8. The zero-order valence-corrected chi connectivity index (χ0v) is 15.1. The molecule has 3 fully saturated rings. The number of benzene rings is 1. The summed E-state index contributed by atoms with van der Waals surface area (Å²) < 4.78 is 0. The van der Waals surface area contributed by atoms with E-state index in [1.165, 1.54) is 38.5 Å². The third-order valence-corrected chi connectivity index (χ3v) is 6.53. The Bertz CT molecular complexity index is 574. The molecule has 4 unspecified atom stereocenters. The van der Waals surface area contributed by atoms with Gasteiger partial charge in [-0.1, -0.05) is 18.6 Å². The number of carbonyl (C=O) groups is 1. The van der Waals surface area contributed by atoms with Crippen molar-refractivity contribution in [1.29, 1.82) is 0 Å². The summed E-state index contributed by atoms with van der Waals surface area (Å²) >= 11 is 0. The van der Waals surface area contributed by atoms with Crippen LogP contribution in [-0.4, -0.2) is 23.4 Å². The first-order valence-corrected chi connectivity index (χ1v) is 9.34. The van der Waals surface area contributed by atoms with Crippen LogP contribution in [0.4, 0.5) is 0 Å². The van der Waals surface area contributed by atoms with E-state index in [0.717, 1.165) is 41.8 Å². The van der Waals surface area contributed by atoms with Crippen molar-refractivity contribution in [3.8, 4) is 0 Å². The molecule has 2 saturated carbocycles. The Balaban J connectivity index is 0.00000169. The Hall–Kier alpha value is -1.06. The third kappa shape index (κ3) is 3.34. The standard InChI is InChI=1S/C20H28N2O.ClH/c21-13-14-3-6-16(7-4-14)20(23)22-9-1-2-19(22)12-18-11-15-5-8-17(18)10-15;/h3-4,6-7,15,17-19H,1-2,5,8-13,21H2;1H. The van der Waals surface area contributed by atoms with E-state index in [0.29, 0.717) is 12.6 Å². The molecule has 132 valence electrons. The van der Waals surface area contributed by atoms with Gasteiger partial charge in [-0.25, -0.2) is 0 Å². The molecular weight excluding hydrogens is 320 g/mol. The van der Waals surface area contributed by atoms with Gasteiger partial charge in [-0.3, -0.25) is 4.79 Å². The molecule has 1 aliphatic heterocycles. The van der Waals surface area contributed by atoms with Gasteiger partial charge >= 0.3 is 0 Å². The highest BCUT2D eigenvalue weighted by atomic mass is 35.5. The van der Waals surface area contributed by atoms with Crippen LogP contribution in [0.5, 0.6) is 0 Å². The smallest absolute Gasteiger partial charge is 0.254 e. The summed E-state index contributed by atoms with van der Waals surface area (Å²) in [7, 11) is 0. The van der Waals surface area contributed by atoms with E-state index in [1.54, 1.807) is 0 Å². The van der Waals surface area contributed by atoms with Gasteiger partial charge in [0.1, 0.15) is 0 Å². The van der Waals surface area contributed by atoms with E-state index in [-0.39, 0.29) is 18.3 Å². The highest BCUT2D eigenvalue weighted by Gasteiger charge is 2.42. The van der Waals surface area contributed by atoms with Gasteiger partial charge in [0.15, 0.2) is 0 Å². The first-order chi connectivity index (χ1) is 11.2. The number of nitrogens with zero attached hydrogens (tertiary/aromatic N) is 1. The highest BCUT2D eigenvalue weighted by molar-refractivity contribution is 5.94. The molecule has 2 N–H and O–H groups in total. The van der Waals surface area contributed by atoms with Crippen molar-refractivity contribution in [2.75, 3.05) is 6.54 Å². The molecule has 3 aliphatic rings. The summed E-state index contributed by atoms with van der Waals surface area (Å²) in [5, 5.41) is 0. The summed E-state index contributed by atoms with van der Waals surface area (Å²) in [6, 6.07) is 8.32. The van der Waals surface area contributed by atoms with Crippen molar-refractivity contribution in [2.24, 2.45) is 23.5 Å². The second-order valence-corrected chi connectivity index (χ2v) is 7.87. The van der Waals surface area contributed by atoms with Crippen molar-refractivity contribution in [1.82, 2.24) is 4.90 Å². The van der Waals surface area contributed by atoms with E-state index < -0.39 is 0 Å². The van der Waals surface area contributed by atoms with Crippen LogP contribution in [0.2, 0.25) is 0 Å². The molecule has 1 saturated heterocycles. The monoisotopic (exact) mass is 348 g/mol. The summed E-state index contributed by atoms with van der Waals surface area (Å²) in [4.78, 5) is 15.0. The molecule has 1 aromatic carbocycles. The number of amides is 1. The lowest BCUT2D eigenvalue weighted by Crippen LogP contribution is -2.37. The predicted octanol–water partition coefficient (Wildman–Crippen LogP) is 4.00. The molecule has 24 heavy (non-hydrogen) atoms. The van der Waals surface area contributed by atoms with E-state index in [2.05, 4.69) is 4.90 Å². The molecule has 2 bridgehead atoms. The maximum atomic E-state index is 12.9. The number of nitrogens with two attached hydrogens (primary N) is 1. The molecule has 1 amide bonds. The Morgan fingerprint density at radius 1 is 1.12 bits per heavy atom. The molecular formula is C20H29ClN2O.